The summed E-state index contributed by atoms with van der Waals surface area (Å²) in [5.41, 5.74) is 1.97. The predicted octanol–water partition coefficient (Wildman–Crippen LogP) is 3.39. The van der Waals surface area contributed by atoms with Crippen LogP contribution in [0.4, 0.5) is 5.13 Å². The molecule has 1 aliphatic heterocycles. The number of thiazole rings is 1. The molecule has 0 saturated carbocycles. The molecule has 0 atom stereocenters. The van der Waals surface area contributed by atoms with Crippen molar-refractivity contribution < 1.29 is 17.9 Å². The van der Waals surface area contributed by atoms with Crippen LogP contribution in [0.15, 0.2) is 41.3 Å². The number of carbonyl (C=O) groups excluding carboxylic acids is 1. The highest BCUT2D eigenvalue weighted by Crippen LogP contribution is 2.35. The van der Waals surface area contributed by atoms with Gasteiger partial charge in [-0.1, -0.05) is 29.0 Å². The van der Waals surface area contributed by atoms with Crippen LogP contribution in [0.2, 0.25) is 5.02 Å². The van der Waals surface area contributed by atoms with Gasteiger partial charge in [0, 0.05) is 26.2 Å². The monoisotopic (exact) mass is 479 g/mol. The number of nitrogens with zero attached hydrogens (tertiary/aromatic N) is 3. The summed E-state index contributed by atoms with van der Waals surface area (Å²) in [6, 6.07) is 9.89. The van der Waals surface area contributed by atoms with Gasteiger partial charge in [0.25, 0.3) is 0 Å². The molecule has 3 aromatic rings. The van der Waals surface area contributed by atoms with E-state index in [4.69, 9.17) is 21.3 Å². The Morgan fingerprint density at radius 3 is 2.42 bits per heavy atom. The van der Waals surface area contributed by atoms with Gasteiger partial charge in [0.1, 0.15) is 11.5 Å². The molecule has 1 aromatic heterocycles. The summed E-state index contributed by atoms with van der Waals surface area (Å²) in [6.07, 6.45) is 0. The van der Waals surface area contributed by atoms with Crippen LogP contribution in [-0.2, 0) is 14.6 Å². The van der Waals surface area contributed by atoms with E-state index >= 15 is 0 Å². The minimum Gasteiger partial charge on any atom is -0.497 e. The van der Waals surface area contributed by atoms with Gasteiger partial charge >= 0.3 is 0 Å². The molecule has 0 aliphatic carbocycles. The van der Waals surface area contributed by atoms with Gasteiger partial charge in [-0.3, -0.25) is 4.79 Å². The number of anilines is 1. The fourth-order valence-corrected chi connectivity index (χ4v) is 6.09. The van der Waals surface area contributed by atoms with E-state index in [9.17, 15) is 13.2 Å². The van der Waals surface area contributed by atoms with Gasteiger partial charge in [0.15, 0.2) is 15.0 Å². The number of methoxy groups -OCH3 is 1. The predicted molar refractivity (Wildman–Crippen MR) is 123 cm³/mol. The van der Waals surface area contributed by atoms with Crippen molar-refractivity contribution in [2.24, 2.45) is 0 Å². The summed E-state index contributed by atoms with van der Waals surface area (Å²) in [4.78, 5) is 21.2. The highest BCUT2D eigenvalue weighted by atomic mass is 35.5. The number of sulfone groups is 1. The van der Waals surface area contributed by atoms with Crippen molar-refractivity contribution in [2.75, 3.05) is 43.9 Å². The van der Waals surface area contributed by atoms with Crippen LogP contribution in [0, 0.1) is 6.92 Å². The van der Waals surface area contributed by atoms with Crippen LogP contribution in [-0.4, -0.2) is 63.3 Å². The number of ether oxygens (including phenoxy) is 1. The molecule has 0 unspecified atom stereocenters. The van der Waals surface area contributed by atoms with Crippen LogP contribution in [0.3, 0.4) is 0 Å². The zero-order valence-electron chi connectivity index (χ0n) is 17.2. The van der Waals surface area contributed by atoms with Crippen molar-refractivity contribution in [1.29, 1.82) is 0 Å². The largest absolute Gasteiger partial charge is 0.497 e. The van der Waals surface area contributed by atoms with Gasteiger partial charge in [0.05, 0.1) is 27.2 Å². The van der Waals surface area contributed by atoms with Crippen molar-refractivity contribution in [3.63, 3.8) is 0 Å². The van der Waals surface area contributed by atoms with Crippen LogP contribution in [0.5, 0.6) is 5.75 Å². The lowest BCUT2D eigenvalue weighted by Gasteiger charge is -2.34. The molecule has 0 spiro atoms. The van der Waals surface area contributed by atoms with Crippen molar-refractivity contribution in [1.82, 2.24) is 9.88 Å². The first-order chi connectivity index (χ1) is 14.8. The fourth-order valence-electron chi connectivity index (χ4n) is 3.49. The average molecular weight is 480 g/mol. The van der Waals surface area contributed by atoms with Gasteiger partial charge < -0.3 is 14.5 Å². The number of fused-ring (bicyclic) bond motifs is 1. The van der Waals surface area contributed by atoms with E-state index in [2.05, 4.69) is 4.90 Å². The number of hydrogen-bond donors (Lipinski definition) is 0. The van der Waals surface area contributed by atoms with E-state index in [0.717, 1.165) is 20.9 Å². The van der Waals surface area contributed by atoms with Gasteiger partial charge in [-0.05, 0) is 42.8 Å². The number of piperazine rings is 1. The number of halogens is 1. The first-order valence-electron chi connectivity index (χ1n) is 9.73. The molecule has 2 heterocycles. The number of benzene rings is 2. The number of carbonyl (C=O) groups is 1. The summed E-state index contributed by atoms with van der Waals surface area (Å²) in [6.45, 7) is 4.07. The number of amides is 1. The molecule has 4 rings (SSSR count). The summed E-state index contributed by atoms with van der Waals surface area (Å²) >= 11 is 7.85. The van der Waals surface area contributed by atoms with Crippen LogP contribution in [0.25, 0.3) is 10.2 Å². The zero-order valence-corrected chi connectivity index (χ0v) is 19.6. The van der Waals surface area contributed by atoms with Crippen LogP contribution >= 0.6 is 22.9 Å². The van der Waals surface area contributed by atoms with E-state index < -0.39 is 21.5 Å². The first-order valence-corrected chi connectivity index (χ1v) is 12.6. The third-order valence-electron chi connectivity index (χ3n) is 5.32. The number of hydrogen-bond acceptors (Lipinski definition) is 7. The van der Waals surface area contributed by atoms with Gasteiger partial charge in [-0.15, -0.1) is 0 Å². The Labute approximate surface area is 190 Å². The molecule has 1 amide bonds. The molecular formula is C21H22ClN3O4S2. The number of aromatic nitrogens is 1. The third kappa shape index (κ3) is 4.49. The fraction of sp³-hybridized carbons (Fsp3) is 0.333. The molecule has 10 heteroatoms. The summed E-state index contributed by atoms with van der Waals surface area (Å²) in [5.74, 6) is -0.374. The summed E-state index contributed by atoms with van der Waals surface area (Å²) in [5, 5.41) is 1.55. The Bertz CT molecular complexity index is 1180. The lowest BCUT2D eigenvalue weighted by atomic mass is 10.2. The Hall–Kier alpha value is -2.36. The lowest BCUT2D eigenvalue weighted by molar-refractivity contribution is -0.128. The van der Waals surface area contributed by atoms with Gasteiger partial charge in [-0.2, -0.15) is 0 Å². The molecule has 1 aliphatic rings. The minimum atomic E-state index is -3.71. The molecular weight excluding hydrogens is 458 g/mol. The second-order valence-electron chi connectivity index (χ2n) is 7.34. The first kappa shape index (κ1) is 21.9. The smallest absolute Gasteiger partial charge is 0.238 e. The van der Waals surface area contributed by atoms with E-state index in [0.29, 0.717) is 37.0 Å². The molecule has 1 fully saturated rings. The topological polar surface area (TPSA) is 79.8 Å². The van der Waals surface area contributed by atoms with E-state index in [-0.39, 0.29) is 4.90 Å². The number of aryl methyl sites for hydroxylation is 1. The second kappa shape index (κ2) is 8.64. The Kier molecular flexibility index (Phi) is 6.09. The van der Waals surface area contributed by atoms with Crippen LogP contribution < -0.4 is 9.64 Å². The minimum absolute atomic E-state index is 0.113. The van der Waals surface area contributed by atoms with Crippen molar-refractivity contribution in [3.8, 4) is 5.75 Å². The lowest BCUT2D eigenvalue weighted by Crippen LogP contribution is -2.50. The Morgan fingerprint density at radius 1 is 1.13 bits per heavy atom. The van der Waals surface area contributed by atoms with E-state index in [1.165, 1.54) is 30.6 Å². The maximum absolute atomic E-state index is 12.7. The molecule has 0 N–H and O–H groups in total. The highest BCUT2D eigenvalue weighted by Gasteiger charge is 2.27. The molecule has 164 valence electrons. The average Bonchev–Trinajstić information content (AvgIpc) is 3.23. The Morgan fingerprint density at radius 2 is 1.81 bits per heavy atom. The SMILES string of the molecule is COc1ccc(S(=O)(=O)CC(=O)N2CCN(c3nc4c(C)ccc(Cl)c4s3)CC2)cc1. The molecule has 31 heavy (non-hydrogen) atoms. The molecule has 1 saturated heterocycles. The third-order valence-corrected chi connectivity index (χ3v) is 8.51. The van der Waals surface area contributed by atoms with E-state index in [1.807, 2.05) is 19.1 Å². The van der Waals surface area contributed by atoms with Crippen molar-refractivity contribution in [3.05, 3.63) is 47.0 Å². The molecule has 2 aromatic carbocycles. The normalized spacial score (nSPS) is 14.8. The second-order valence-corrected chi connectivity index (χ2v) is 10.7. The van der Waals surface area contributed by atoms with Gasteiger partial charge in [0.2, 0.25) is 5.91 Å². The van der Waals surface area contributed by atoms with Gasteiger partial charge in [-0.25, -0.2) is 13.4 Å². The maximum atomic E-state index is 12.7. The highest BCUT2D eigenvalue weighted by molar-refractivity contribution is 7.92. The van der Waals surface area contributed by atoms with Crippen LogP contribution in [0.1, 0.15) is 5.56 Å². The summed E-state index contributed by atoms with van der Waals surface area (Å²) in [7, 11) is -2.20. The standard InChI is InChI=1S/C21H22ClN3O4S2/c1-14-3-8-17(22)20-19(14)23-21(30-20)25-11-9-24(10-12-25)18(26)13-31(27,28)16-6-4-15(29-2)5-7-16/h3-8H,9-13H2,1-2H3. The number of rotatable bonds is 5. The quantitative estimate of drug-likeness (QED) is 0.558. The maximum Gasteiger partial charge on any atom is 0.238 e. The Balaban J connectivity index is 1.41. The summed E-state index contributed by atoms with van der Waals surface area (Å²) < 4.78 is 31.2. The van der Waals surface area contributed by atoms with Crippen molar-refractivity contribution in [2.45, 2.75) is 11.8 Å². The zero-order chi connectivity index (χ0) is 22.2. The molecule has 7 nitrogen and oxygen atoms in total. The van der Waals surface area contributed by atoms with Crippen molar-refractivity contribution >= 4 is 54.0 Å². The molecule has 0 bridgehead atoms. The van der Waals surface area contributed by atoms with E-state index in [1.54, 1.807) is 17.0 Å². The molecule has 0 radical (unpaired) electrons.